The standard InChI is InChI=1S/C12H19N5/c1-8(3-5-13)15-7-10-4-6-14-12-11(10)16-9(2)17-12/h4,6,8,15H,3,5,7,13H2,1-2H3,(H,14,16,17). The number of nitrogens with one attached hydrogen (secondary N) is 2. The Labute approximate surface area is 101 Å². The molecule has 0 saturated carbocycles. The van der Waals surface area contributed by atoms with E-state index in [2.05, 4.69) is 27.2 Å². The molecule has 0 aliphatic carbocycles. The van der Waals surface area contributed by atoms with Gasteiger partial charge in [0.25, 0.3) is 0 Å². The molecule has 2 aromatic rings. The first-order valence-corrected chi connectivity index (χ1v) is 5.94. The Morgan fingerprint density at radius 3 is 3.12 bits per heavy atom. The lowest BCUT2D eigenvalue weighted by atomic mass is 10.2. The highest BCUT2D eigenvalue weighted by atomic mass is 15.0. The highest BCUT2D eigenvalue weighted by molar-refractivity contribution is 5.74. The van der Waals surface area contributed by atoms with Crippen molar-refractivity contribution in [3.63, 3.8) is 0 Å². The Kier molecular flexibility index (Phi) is 3.71. The molecule has 1 unspecified atom stereocenters. The number of fused-ring (bicyclic) bond motifs is 1. The number of aromatic amines is 1. The van der Waals surface area contributed by atoms with Gasteiger partial charge in [0.2, 0.25) is 0 Å². The van der Waals surface area contributed by atoms with Crippen molar-refractivity contribution in [1.82, 2.24) is 20.3 Å². The van der Waals surface area contributed by atoms with Gasteiger partial charge in [0, 0.05) is 18.8 Å². The van der Waals surface area contributed by atoms with E-state index >= 15 is 0 Å². The molecule has 0 radical (unpaired) electrons. The molecule has 17 heavy (non-hydrogen) atoms. The lowest BCUT2D eigenvalue weighted by Gasteiger charge is -2.12. The van der Waals surface area contributed by atoms with Crippen molar-refractivity contribution in [1.29, 1.82) is 0 Å². The van der Waals surface area contributed by atoms with Gasteiger partial charge >= 0.3 is 0 Å². The van der Waals surface area contributed by atoms with Crippen LogP contribution in [0.1, 0.15) is 24.7 Å². The van der Waals surface area contributed by atoms with Crippen LogP contribution in [0, 0.1) is 6.92 Å². The minimum Gasteiger partial charge on any atom is -0.341 e. The first kappa shape index (κ1) is 12.0. The van der Waals surface area contributed by atoms with Crippen molar-refractivity contribution < 1.29 is 0 Å². The average molecular weight is 233 g/mol. The fourth-order valence-corrected chi connectivity index (χ4v) is 1.86. The van der Waals surface area contributed by atoms with Crippen molar-refractivity contribution in [3.05, 3.63) is 23.7 Å². The van der Waals surface area contributed by atoms with Crippen LogP contribution in [0.5, 0.6) is 0 Å². The minimum absolute atomic E-state index is 0.423. The van der Waals surface area contributed by atoms with Gasteiger partial charge in [-0.15, -0.1) is 0 Å². The molecule has 2 rings (SSSR count). The molecule has 4 N–H and O–H groups in total. The Morgan fingerprint density at radius 1 is 1.53 bits per heavy atom. The third-order valence-corrected chi connectivity index (χ3v) is 2.84. The largest absolute Gasteiger partial charge is 0.341 e. The molecular formula is C12H19N5. The zero-order valence-electron chi connectivity index (χ0n) is 10.3. The summed E-state index contributed by atoms with van der Waals surface area (Å²) in [5.74, 6) is 0.898. The second-order valence-electron chi connectivity index (χ2n) is 4.35. The summed E-state index contributed by atoms with van der Waals surface area (Å²) in [7, 11) is 0. The van der Waals surface area contributed by atoms with Crippen LogP contribution in [0.15, 0.2) is 12.3 Å². The van der Waals surface area contributed by atoms with Crippen molar-refractivity contribution in [3.8, 4) is 0 Å². The number of aryl methyl sites for hydroxylation is 1. The second kappa shape index (κ2) is 5.25. The molecule has 92 valence electrons. The maximum Gasteiger partial charge on any atom is 0.177 e. The molecule has 0 aliphatic heterocycles. The van der Waals surface area contributed by atoms with E-state index in [-0.39, 0.29) is 0 Å². The van der Waals surface area contributed by atoms with Crippen LogP contribution in [0.4, 0.5) is 0 Å². The molecule has 5 nitrogen and oxygen atoms in total. The van der Waals surface area contributed by atoms with Gasteiger partial charge < -0.3 is 16.0 Å². The summed E-state index contributed by atoms with van der Waals surface area (Å²) in [6.07, 6.45) is 2.78. The molecule has 0 aromatic carbocycles. The maximum absolute atomic E-state index is 5.53. The van der Waals surface area contributed by atoms with Gasteiger partial charge in [-0.3, -0.25) is 0 Å². The lowest BCUT2D eigenvalue weighted by Crippen LogP contribution is -2.27. The number of nitrogens with two attached hydrogens (primary N) is 1. The van der Waals surface area contributed by atoms with E-state index in [4.69, 9.17) is 5.73 Å². The van der Waals surface area contributed by atoms with E-state index in [0.29, 0.717) is 12.6 Å². The number of rotatable bonds is 5. The van der Waals surface area contributed by atoms with E-state index in [1.807, 2.05) is 13.0 Å². The van der Waals surface area contributed by atoms with Crippen LogP contribution >= 0.6 is 0 Å². The second-order valence-corrected chi connectivity index (χ2v) is 4.35. The molecular weight excluding hydrogens is 214 g/mol. The molecule has 0 amide bonds. The summed E-state index contributed by atoms with van der Waals surface area (Å²) >= 11 is 0. The van der Waals surface area contributed by atoms with Gasteiger partial charge in [0.15, 0.2) is 5.65 Å². The number of nitrogens with zero attached hydrogens (tertiary/aromatic N) is 2. The van der Waals surface area contributed by atoms with Gasteiger partial charge in [-0.05, 0) is 38.4 Å². The predicted octanol–water partition coefficient (Wildman–Crippen LogP) is 1.09. The van der Waals surface area contributed by atoms with Gasteiger partial charge in [-0.2, -0.15) is 0 Å². The highest BCUT2D eigenvalue weighted by Gasteiger charge is 2.07. The highest BCUT2D eigenvalue weighted by Crippen LogP contribution is 2.13. The summed E-state index contributed by atoms with van der Waals surface area (Å²) < 4.78 is 0. The maximum atomic E-state index is 5.53. The van der Waals surface area contributed by atoms with Crippen LogP contribution in [0.25, 0.3) is 11.2 Å². The van der Waals surface area contributed by atoms with Crippen molar-refractivity contribution in [2.45, 2.75) is 32.9 Å². The Balaban J connectivity index is 2.12. The summed E-state index contributed by atoms with van der Waals surface area (Å²) in [5, 5.41) is 3.45. The van der Waals surface area contributed by atoms with Crippen LogP contribution < -0.4 is 11.1 Å². The average Bonchev–Trinajstić information content (AvgIpc) is 2.67. The van der Waals surface area contributed by atoms with Gasteiger partial charge in [-0.1, -0.05) is 0 Å². The van der Waals surface area contributed by atoms with Crippen LogP contribution in [0.3, 0.4) is 0 Å². The fraction of sp³-hybridized carbons (Fsp3) is 0.500. The number of imidazole rings is 1. The number of hydrogen-bond donors (Lipinski definition) is 3. The first-order chi connectivity index (χ1) is 8.20. The van der Waals surface area contributed by atoms with Gasteiger partial charge in [-0.25, -0.2) is 9.97 Å². The van der Waals surface area contributed by atoms with Crippen LogP contribution in [-0.4, -0.2) is 27.5 Å². The SMILES string of the molecule is Cc1nc2nccc(CNC(C)CCN)c2[nH]1. The molecule has 5 heteroatoms. The number of pyridine rings is 1. The summed E-state index contributed by atoms with van der Waals surface area (Å²) in [6.45, 7) is 5.60. The monoisotopic (exact) mass is 233 g/mol. The lowest BCUT2D eigenvalue weighted by molar-refractivity contribution is 0.520. The zero-order chi connectivity index (χ0) is 12.3. The zero-order valence-corrected chi connectivity index (χ0v) is 10.3. The van der Waals surface area contributed by atoms with E-state index in [1.165, 1.54) is 5.56 Å². The number of aromatic nitrogens is 3. The molecule has 0 fully saturated rings. The van der Waals surface area contributed by atoms with Gasteiger partial charge in [0.1, 0.15) is 5.82 Å². The molecule has 1 atom stereocenters. The van der Waals surface area contributed by atoms with Crippen LogP contribution in [0.2, 0.25) is 0 Å². The summed E-state index contributed by atoms with van der Waals surface area (Å²) in [6, 6.07) is 2.44. The minimum atomic E-state index is 0.423. The van der Waals surface area contributed by atoms with Crippen molar-refractivity contribution >= 4 is 11.2 Å². The Hall–Kier alpha value is -1.46. The van der Waals surface area contributed by atoms with E-state index < -0.39 is 0 Å². The van der Waals surface area contributed by atoms with E-state index in [0.717, 1.165) is 30.0 Å². The number of H-pyrrole nitrogens is 1. The molecule has 0 spiro atoms. The fourth-order valence-electron chi connectivity index (χ4n) is 1.86. The molecule has 0 bridgehead atoms. The smallest absolute Gasteiger partial charge is 0.177 e. The summed E-state index contributed by atoms with van der Waals surface area (Å²) in [5.41, 5.74) is 8.53. The number of hydrogen-bond acceptors (Lipinski definition) is 4. The quantitative estimate of drug-likeness (QED) is 0.722. The topological polar surface area (TPSA) is 79.6 Å². The summed E-state index contributed by atoms with van der Waals surface area (Å²) in [4.78, 5) is 11.8. The van der Waals surface area contributed by atoms with Gasteiger partial charge in [0.05, 0.1) is 5.52 Å². The van der Waals surface area contributed by atoms with Crippen LogP contribution in [-0.2, 0) is 6.54 Å². The van der Waals surface area contributed by atoms with E-state index in [1.54, 1.807) is 6.20 Å². The molecule has 2 heterocycles. The molecule has 0 aliphatic rings. The third-order valence-electron chi connectivity index (χ3n) is 2.84. The normalized spacial score (nSPS) is 13.1. The van der Waals surface area contributed by atoms with E-state index in [9.17, 15) is 0 Å². The molecule has 2 aromatic heterocycles. The predicted molar refractivity (Wildman–Crippen MR) is 68.6 cm³/mol. The Morgan fingerprint density at radius 2 is 2.35 bits per heavy atom. The van der Waals surface area contributed by atoms with Crippen molar-refractivity contribution in [2.24, 2.45) is 5.73 Å². The first-order valence-electron chi connectivity index (χ1n) is 5.94. The third kappa shape index (κ3) is 2.81. The van der Waals surface area contributed by atoms with Crippen molar-refractivity contribution in [2.75, 3.05) is 6.54 Å². The molecule has 0 saturated heterocycles. The Bertz CT molecular complexity index is 491.